The van der Waals surface area contributed by atoms with Crippen molar-refractivity contribution in [2.24, 2.45) is 0 Å². The van der Waals surface area contributed by atoms with E-state index in [2.05, 4.69) is 15.5 Å². The minimum Gasteiger partial charge on any atom is -0.452 e. The van der Waals surface area contributed by atoms with E-state index in [1.54, 1.807) is 0 Å². The number of esters is 1. The largest absolute Gasteiger partial charge is 0.452 e. The third-order valence-corrected chi connectivity index (χ3v) is 4.47. The van der Waals surface area contributed by atoms with Crippen molar-refractivity contribution >= 4 is 46.7 Å². The number of benzene rings is 2. The maximum atomic E-state index is 12.2. The first-order valence-electron chi connectivity index (χ1n) is 9.17. The molecule has 1 heterocycles. The summed E-state index contributed by atoms with van der Waals surface area (Å²) >= 11 is 5.81. The lowest BCUT2D eigenvalue weighted by Crippen LogP contribution is -2.50. The van der Waals surface area contributed by atoms with Crippen LogP contribution in [0.25, 0.3) is 0 Å². The Bertz CT molecular complexity index is 1050. The lowest BCUT2D eigenvalue weighted by molar-refractivity contribution is -0.130. The number of hydrazine groups is 1. The lowest BCUT2D eigenvalue weighted by Gasteiger charge is -2.27. The van der Waals surface area contributed by atoms with E-state index in [-0.39, 0.29) is 46.7 Å². The molecule has 1 fully saturated rings. The molecule has 2 aromatic carbocycles. The summed E-state index contributed by atoms with van der Waals surface area (Å²) in [6.45, 7) is -3.66. The number of hydrogen-bond donors (Lipinski definition) is 2. The Kier molecular flexibility index (Phi) is 7.21. The van der Waals surface area contributed by atoms with Crippen LogP contribution in [-0.2, 0) is 19.1 Å². The highest BCUT2D eigenvalue weighted by molar-refractivity contribution is 6.32. The maximum absolute atomic E-state index is 12.2. The van der Waals surface area contributed by atoms with Crippen LogP contribution in [-0.4, -0.2) is 36.9 Å². The summed E-state index contributed by atoms with van der Waals surface area (Å²) in [6, 6.07) is 9.32. The van der Waals surface area contributed by atoms with Crippen LogP contribution in [0, 0.1) is 0 Å². The van der Waals surface area contributed by atoms with Gasteiger partial charge in [-0.15, -0.1) is 0 Å². The molecule has 1 saturated heterocycles. The van der Waals surface area contributed by atoms with Crippen molar-refractivity contribution in [2.45, 2.75) is 19.5 Å². The molecule has 3 amide bonds. The van der Waals surface area contributed by atoms with Crippen molar-refractivity contribution in [2.75, 3.05) is 16.9 Å². The molecule has 1 aliphatic rings. The predicted octanol–water partition coefficient (Wildman–Crippen LogP) is 2.89. The number of anilines is 2. The molecule has 0 radical (unpaired) electrons. The predicted molar refractivity (Wildman–Crippen MR) is 108 cm³/mol. The summed E-state index contributed by atoms with van der Waals surface area (Å²) in [5, 5.41) is 3.36. The van der Waals surface area contributed by atoms with Gasteiger partial charge in [0.05, 0.1) is 16.3 Å². The molecule has 1 aliphatic heterocycles. The molecule has 0 bridgehead atoms. The Balaban J connectivity index is 1.53. The highest BCUT2D eigenvalue weighted by Gasteiger charge is 2.24. The van der Waals surface area contributed by atoms with Gasteiger partial charge in [-0.05, 0) is 42.5 Å². The fourth-order valence-corrected chi connectivity index (χ4v) is 2.94. The molecule has 0 spiro atoms. The van der Waals surface area contributed by atoms with Gasteiger partial charge in [-0.1, -0.05) is 11.6 Å². The first-order valence-corrected chi connectivity index (χ1v) is 9.54. The normalized spacial score (nSPS) is 13.6. The number of carbonyl (C=O) groups is 4. The van der Waals surface area contributed by atoms with Gasteiger partial charge in [0, 0.05) is 18.5 Å². The van der Waals surface area contributed by atoms with Crippen LogP contribution in [0.1, 0.15) is 23.2 Å². The quantitative estimate of drug-likeness (QED) is 0.605. The minimum atomic E-state index is -3.04. The van der Waals surface area contributed by atoms with Gasteiger partial charge in [0.1, 0.15) is 5.75 Å². The molecule has 2 N–H and O–H groups in total. The molecule has 168 valence electrons. The Morgan fingerprint density at radius 3 is 2.50 bits per heavy atom. The summed E-state index contributed by atoms with van der Waals surface area (Å²) in [7, 11) is 0. The summed E-state index contributed by atoms with van der Waals surface area (Å²) in [6.07, 6.45) is 0.194. The summed E-state index contributed by atoms with van der Waals surface area (Å²) < 4.78 is 33.6. The van der Waals surface area contributed by atoms with Crippen molar-refractivity contribution in [1.29, 1.82) is 0 Å². The van der Waals surface area contributed by atoms with Crippen molar-refractivity contribution in [3.8, 4) is 5.75 Å². The van der Waals surface area contributed by atoms with E-state index >= 15 is 0 Å². The fraction of sp³-hybridized carbons (Fsp3) is 0.200. The first-order chi connectivity index (χ1) is 15.2. The SMILES string of the molecule is O=C(COC(=O)c1ccc(N2NC(=O)CCC2=O)cc1)Nc1ccc(OC(F)F)c(Cl)c1. The Hall–Kier alpha value is -3.73. The molecule has 32 heavy (non-hydrogen) atoms. The monoisotopic (exact) mass is 467 g/mol. The van der Waals surface area contributed by atoms with Gasteiger partial charge >= 0.3 is 12.6 Å². The second-order valence-corrected chi connectivity index (χ2v) is 6.87. The topological polar surface area (TPSA) is 114 Å². The molecule has 0 aromatic heterocycles. The number of alkyl halides is 2. The summed E-state index contributed by atoms with van der Waals surface area (Å²) in [4.78, 5) is 47.5. The van der Waals surface area contributed by atoms with E-state index in [4.69, 9.17) is 16.3 Å². The number of rotatable bonds is 7. The Labute approximate surface area is 185 Å². The Morgan fingerprint density at radius 1 is 1.12 bits per heavy atom. The fourth-order valence-electron chi connectivity index (χ4n) is 2.71. The van der Waals surface area contributed by atoms with Crippen molar-refractivity contribution in [1.82, 2.24) is 5.43 Å². The van der Waals surface area contributed by atoms with E-state index in [0.29, 0.717) is 5.69 Å². The average Bonchev–Trinajstić information content (AvgIpc) is 2.75. The van der Waals surface area contributed by atoms with E-state index in [1.807, 2.05) is 0 Å². The number of ether oxygens (including phenoxy) is 2. The van der Waals surface area contributed by atoms with Gasteiger partial charge in [0.2, 0.25) is 11.8 Å². The van der Waals surface area contributed by atoms with Gasteiger partial charge in [-0.25, -0.2) is 9.80 Å². The van der Waals surface area contributed by atoms with Gasteiger partial charge in [0.15, 0.2) is 6.61 Å². The molecule has 3 rings (SSSR count). The summed E-state index contributed by atoms with van der Waals surface area (Å²) in [5.41, 5.74) is 3.11. The highest BCUT2D eigenvalue weighted by Crippen LogP contribution is 2.29. The smallest absolute Gasteiger partial charge is 0.387 e. The minimum absolute atomic E-state index is 0.0813. The van der Waals surface area contributed by atoms with Crippen LogP contribution < -0.4 is 20.5 Å². The van der Waals surface area contributed by atoms with Crippen molar-refractivity contribution < 1.29 is 37.4 Å². The van der Waals surface area contributed by atoms with Crippen LogP contribution in [0.5, 0.6) is 5.75 Å². The standard InChI is InChI=1S/C20H16ClF2N3O6/c21-14-9-12(3-6-15(14)32-20(22)23)24-17(28)10-31-19(30)11-1-4-13(5-2-11)26-18(29)8-7-16(27)25-26/h1-6,9,20H,7-8,10H2,(H,24,28)(H,25,27). The molecule has 2 aromatic rings. The number of halogens is 3. The lowest BCUT2D eigenvalue weighted by atomic mass is 10.2. The zero-order chi connectivity index (χ0) is 23.3. The molecule has 0 saturated carbocycles. The van der Waals surface area contributed by atoms with Crippen molar-refractivity contribution in [3.63, 3.8) is 0 Å². The van der Waals surface area contributed by atoms with Crippen LogP contribution in [0.3, 0.4) is 0 Å². The van der Waals surface area contributed by atoms with Crippen LogP contribution in [0.15, 0.2) is 42.5 Å². The average molecular weight is 468 g/mol. The van der Waals surface area contributed by atoms with Gasteiger partial charge in [0.25, 0.3) is 5.91 Å². The van der Waals surface area contributed by atoms with Crippen molar-refractivity contribution in [3.05, 3.63) is 53.1 Å². The highest BCUT2D eigenvalue weighted by atomic mass is 35.5. The van der Waals surface area contributed by atoms with Crippen LogP contribution in [0.2, 0.25) is 5.02 Å². The zero-order valence-electron chi connectivity index (χ0n) is 16.3. The zero-order valence-corrected chi connectivity index (χ0v) is 17.0. The third kappa shape index (κ3) is 5.91. The number of amides is 3. The van der Waals surface area contributed by atoms with E-state index in [0.717, 1.165) is 11.1 Å². The molecular weight excluding hydrogens is 452 g/mol. The van der Waals surface area contributed by atoms with Gasteiger partial charge in [-0.3, -0.25) is 19.8 Å². The third-order valence-electron chi connectivity index (χ3n) is 4.18. The second-order valence-electron chi connectivity index (χ2n) is 6.46. The number of carbonyl (C=O) groups excluding carboxylic acids is 4. The number of nitrogens with zero attached hydrogens (tertiary/aromatic N) is 1. The molecule has 12 heteroatoms. The van der Waals surface area contributed by atoms with E-state index in [9.17, 15) is 28.0 Å². The molecule has 0 atom stereocenters. The van der Waals surface area contributed by atoms with E-state index in [1.165, 1.54) is 36.4 Å². The van der Waals surface area contributed by atoms with Gasteiger partial charge in [-0.2, -0.15) is 8.78 Å². The van der Waals surface area contributed by atoms with Crippen LogP contribution in [0.4, 0.5) is 20.2 Å². The van der Waals surface area contributed by atoms with Crippen LogP contribution >= 0.6 is 11.6 Å². The molecule has 9 nitrogen and oxygen atoms in total. The molecule has 0 aliphatic carbocycles. The number of hydrogen-bond acceptors (Lipinski definition) is 6. The number of nitrogens with one attached hydrogen (secondary N) is 2. The van der Waals surface area contributed by atoms with Gasteiger partial charge < -0.3 is 14.8 Å². The van der Waals surface area contributed by atoms with E-state index < -0.39 is 25.1 Å². The maximum Gasteiger partial charge on any atom is 0.387 e. The second kappa shape index (κ2) is 10.1. The molecular formula is C20H16ClF2N3O6. The Morgan fingerprint density at radius 2 is 1.84 bits per heavy atom. The first kappa shape index (κ1) is 22.9. The summed E-state index contributed by atoms with van der Waals surface area (Å²) in [5.74, 6) is -2.31. The molecule has 0 unspecified atom stereocenters.